The first-order valence-corrected chi connectivity index (χ1v) is 16.4. The third kappa shape index (κ3) is 14.4. The van der Waals surface area contributed by atoms with Crippen molar-refractivity contribution in [2.24, 2.45) is 0 Å². The summed E-state index contributed by atoms with van der Waals surface area (Å²) < 4.78 is 37.4. The lowest BCUT2D eigenvalue weighted by Gasteiger charge is -2.23. The minimum Gasteiger partial charge on any atom is -0.460 e. The van der Waals surface area contributed by atoms with Gasteiger partial charge in [-0.1, -0.05) is 48.5 Å². The lowest BCUT2D eigenvalue weighted by atomic mass is 9.98. The number of esters is 1. The first kappa shape index (κ1) is 39.2. The van der Waals surface area contributed by atoms with Crippen molar-refractivity contribution in [1.29, 1.82) is 0 Å². The Labute approximate surface area is 287 Å². The van der Waals surface area contributed by atoms with Gasteiger partial charge in [0.1, 0.15) is 24.9 Å². The lowest BCUT2D eigenvalue weighted by Crippen LogP contribution is -2.49. The van der Waals surface area contributed by atoms with Gasteiger partial charge < -0.3 is 49.1 Å². The molecule has 0 aliphatic heterocycles. The SMILES string of the molecule is CNC(=O)OCCOCCOCCOCCOCCNC(=O)[C@@H](CC(=O)OC(C)(C)C)NC(=O)OCC1c2ccccc2-c2ccccc21. The van der Waals surface area contributed by atoms with E-state index in [2.05, 4.69) is 16.0 Å². The molecule has 2 aromatic carbocycles. The molecular formula is C35H49N3O11. The zero-order valence-corrected chi connectivity index (χ0v) is 28.7. The number of rotatable bonds is 21. The summed E-state index contributed by atoms with van der Waals surface area (Å²) in [5.41, 5.74) is 3.55. The molecule has 0 spiro atoms. The highest BCUT2D eigenvalue weighted by atomic mass is 16.6. The molecule has 270 valence electrons. The second-order valence-electron chi connectivity index (χ2n) is 11.9. The number of alkyl carbamates (subject to hydrolysis) is 2. The molecule has 0 saturated heterocycles. The van der Waals surface area contributed by atoms with Crippen molar-refractivity contribution in [3.8, 4) is 11.1 Å². The Morgan fingerprint density at radius 2 is 1.20 bits per heavy atom. The zero-order chi connectivity index (χ0) is 35.5. The van der Waals surface area contributed by atoms with Crippen LogP contribution < -0.4 is 16.0 Å². The van der Waals surface area contributed by atoms with Gasteiger partial charge in [0, 0.05) is 19.5 Å². The van der Waals surface area contributed by atoms with Crippen molar-refractivity contribution >= 4 is 24.1 Å². The quantitative estimate of drug-likeness (QED) is 0.100. The fraction of sp³-hybridized carbons (Fsp3) is 0.543. The van der Waals surface area contributed by atoms with E-state index in [1.54, 1.807) is 20.8 Å². The molecule has 14 heteroatoms. The average Bonchev–Trinajstić information content (AvgIpc) is 3.39. The Balaban J connectivity index is 1.33. The molecule has 14 nitrogen and oxygen atoms in total. The van der Waals surface area contributed by atoms with Crippen LogP contribution in [-0.2, 0) is 42.7 Å². The van der Waals surface area contributed by atoms with Crippen LogP contribution in [0.25, 0.3) is 11.1 Å². The molecule has 0 fully saturated rings. The number of amides is 3. The number of hydrogen-bond donors (Lipinski definition) is 3. The molecule has 1 atom stereocenters. The second kappa shape index (κ2) is 21.0. The van der Waals surface area contributed by atoms with E-state index in [9.17, 15) is 19.2 Å². The molecule has 0 radical (unpaired) electrons. The molecular weight excluding hydrogens is 638 g/mol. The summed E-state index contributed by atoms with van der Waals surface area (Å²) in [5.74, 6) is -1.36. The first-order chi connectivity index (χ1) is 23.6. The number of benzene rings is 2. The molecule has 0 saturated carbocycles. The summed E-state index contributed by atoms with van der Waals surface area (Å²) in [6, 6.07) is 14.7. The van der Waals surface area contributed by atoms with E-state index in [4.69, 9.17) is 33.2 Å². The summed E-state index contributed by atoms with van der Waals surface area (Å²) in [6.07, 6.45) is -1.69. The number of carbonyl (C=O) groups excluding carboxylic acids is 4. The van der Waals surface area contributed by atoms with Gasteiger partial charge in [0.25, 0.3) is 0 Å². The Morgan fingerprint density at radius 3 is 1.73 bits per heavy atom. The zero-order valence-electron chi connectivity index (χ0n) is 28.7. The predicted molar refractivity (Wildman–Crippen MR) is 179 cm³/mol. The van der Waals surface area contributed by atoms with Crippen molar-refractivity contribution in [2.45, 2.75) is 44.8 Å². The van der Waals surface area contributed by atoms with Gasteiger partial charge in [-0.15, -0.1) is 0 Å². The molecule has 3 amide bonds. The highest BCUT2D eigenvalue weighted by Crippen LogP contribution is 2.44. The summed E-state index contributed by atoms with van der Waals surface area (Å²) in [6.45, 7) is 8.13. The topological polar surface area (TPSA) is 169 Å². The molecule has 0 heterocycles. The largest absolute Gasteiger partial charge is 0.460 e. The van der Waals surface area contributed by atoms with Gasteiger partial charge in [0.15, 0.2) is 0 Å². The van der Waals surface area contributed by atoms with Gasteiger partial charge in [-0.2, -0.15) is 0 Å². The molecule has 3 rings (SSSR count). The maximum Gasteiger partial charge on any atom is 0.407 e. The van der Waals surface area contributed by atoms with Crippen molar-refractivity contribution in [2.75, 3.05) is 79.7 Å². The fourth-order valence-electron chi connectivity index (χ4n) is 4.94. The Morgan fingerprint density at radius 1 is 0.694 bits per heavy atom. The number of hydrogen-bond acceptors (Lipinski definition) is 11. The number of carbonyl (C=O) groups is 4. The normalized spacial score (nSPS) is 12.7. The predicted octanol–water partition coefficient (Wildman–Crippen LogP) is 3.16. The highest BCUT2D eigenvalue weighted by Gasteiger charge is 2.31. The monoisotopic (exact) mass is 687 g/mol. The van der Waals surface area contributed by atoms with Crippen LogP contribution >= 0.6 is 0 Å². The minimum absolute atomic E-state index is 0.0639. The van der Waals surface area contributed by atoms with Gasteiger partial charge >= 0.3 is 18.2 Å². The van der Waals surface area contributed by atoms with Crippen LogP contribution in [0.4, 0.5) is 9.59 Å². The van der Waals surface area contributed by atoms with Crippen molar-refractivity contribution < 1.29 is 52.3 Å². The second-order valence-corrected chi connectivity index (χ2v) is 11.9. The average molecular weight is 688 g/mol. The first-order valence-electron chi connectivity index (χ1n) is 16.4. The van der Waals surface area contributed by atoms with Crippen LogP contribution in [0.3, 0.4) is 0 Å². The molecule has 49 heavy (non-hydrogen) atoms. The summed E-state index contributed by atoms with van der Waals surface area (Å²) in [5, 5.41) is 7.57. The van der Waals surface area contributed by atoms with Gasteiger partial charge in [-0.05, 0) is 43.0 Å². The third-order valence-electron chi connectivity index (χ3n) is 7.07. The van der Waals surface area contributed by atoms with Crippen molar-refractivity contribution in [1.82, 2.24) is 16.0 Å². The van der Waals surface area contributed by atoms with Crippen molar-refractivity contribution in [3.05, 3.63) is 59.7 Å². The Bertz CT molecular complexity index is 1300. The molecule has 2 aromatic rings. The molecule has 0 aromatic heterocycles. The van der Waals surface area contributed by atoms with E-state index in [1.165, 1.54) is 7.05 Å². The molecule has 1 aliphatic rings. The van der Waals surface area contributed by atoms with Crippen molar-refractivity contribution in [3.63, 3.8) is 0 Å². The lowest BCUT2D eigenvalue weighted by molar-refractivity contribution is -0.156. The minimum atomic E-state index is -1.21. The molecule has 0 bridgehead atoms. The summed E-state index contributed by atoms with van der Waals surface area (Å²) in [7, 11) is 1.48. The Hall–Kier alpha value is -4.24. The van der Waals surface area contributed by atoms with E-state index in [1.807, 2.05) is 48.5 Å². The van der Waals surface area contributed by atoms with Crippen LogP contribution in [0.5, 0.6) is 0 Å². The smallest absolute Gasteiger partial charge is 0.407 e. The number of ether oxygens (including phenoxy) is 7. The highest BCUT2D eigenvalue weighted by molar-refractivity contribution is 5.89. The number of nitrogens with one attached hydrogen (secondary N) is 3. The van der Waals surface area contributed by atoms with Gasteiger partial charge in [-0.25, -0.2) is 9.59 Å². The third-order valence-corrected chi connectivity index (χ3v) is 7.07. The van der Waals surface area contributed by atoms with Crippen LogP contribution in [0.1, 0.15) is 44.2 Å². The van der Waals surface area contributed by atoms with Crippen LogP contribution in [0.2, 0.25) is 0 Å². The van der Waals surface area contributed by atoms with E-state index in [-0.39, 0.29) is 45.3 Å². The van der Waals surface area contributed by atoms with Crippen LogP contribution in [0.15, 0.2) is 48.5 Å². The van der Waals surface area contributed by atoms with Gasteiger partial charge in [0.2, 0.25) is 5.91 Å². The van der Waals surface area contributed by atoms with Gasteiger partial charge in [0.05, 0.1) is 59.3 Å². The number of fused-ring (bicyclic) bond motifs is 3. The van der Waals surface area contributed by atoms with Gasteiger partial charge in [-0.3, -0.25) is 9.59 Å². The fourth-order valence-corrected chi connectivity index (χ4v) is 4.94. The standard InChI is InChI=1S/C35H49N3O11/c1-35(2,3)49-31(39)23-30(38-34(42)48-24-29-27-11-7-5-9-25(27)26-10-6-8-12-28(26)29)32(40)37-13-14-43-15-16-44-17-18-45-19-20-46-21-22-47-33(41)36-4/h5-12,29-30H,13-24H2,1-4H3,(H,36,41)(H,37,40)(H,38,42)/t30-/m1/s1. The molecule has 0 unspecified atom stereocenters. The van der Waals surface area contributed by atoms with Crippen LogP contribution in [0, 0.1) is 0 Å². The summed E-state index contributed by atoms with van der Waals surface area (Å²) in [4.78, 5) is 49.4. The summed E-state index contributed by atoms with van der Waals surface area (Å²) >= 11 is 0. The van der Waals surface area contributed by atoms with E-state index < -0.39 is 35.7 Å². The maximum atomic E-state index is 13.0. The maximum absolute atomic E-state index is 13.0. The molecule has 3 N–H and O–H groups in total. The van der Waals surface area contributed by atoms with E-state index in [0.29, 0.717) is 39.6 Å². The van der Waals surface area contributed by atoms with E-state index >= 15 is 0 Å². The molecule has 1 aliphatic carbocycles. The Kier molecular flexibility index (Phi) is 16.8. The van der Waals surface area contributed by atoms with E-state index in [0.717, 1.165) is 22.3 Å². The van der Waals surface area contributed by atoms with Crippen LogP contribution in [-0.4, -0.2) is 115 Å².